The van der Waals surface area contributed by atoms with Crippen molar-refractivity contribution in [2.75, 3.05) is 0 Å². The van der Waals surface area contributed by atoms with Crippen LogP contribution >= 0.6 is 31.9 Å². The molecule has 0 fully saturated rings. The van der Waals surface area contributed by atoms with E-state index in [1.54, 1.807) is 4.68 Å². The van der Waals surface area contributed by atoms with Gasteiger partial charge in [-0.2, -0.15) is 0 Å². The number of aromatic amines is 1. The van der Waals surface area contributed by atoms with Gasteiger partial charge in [0.05, 0.1) is 11.4 Å². The van der Waals surface area contributed by atoms with Gasteiger partial charge in [0.15, 0.2) is 0 Å². The first-order chi connectivity index (χ1) is 8.30. The zero-order chi connectivity index (χ0) is 13.5. The molecule has 18 heavy (non-hydrogen) atoms. The average Bonchev–Trinajstić information content (AvgIpc) is 2.55. The highest BCUT2D eigenvalue weighted by molar-refractivity contribution is 9.10. The maximum Gasteiger partial charge on any atom is 0.285 e. The summed E-state index contributed by atoms with van der Waals surface area (Å²) in [5.41, 5.74) is 1.52. The zero-order valence-corrected chi connectivity index (χ0v) is 13.6. The molecule has 2 aromatic rings. The van der Waals surface area contributed by atoms with E-state index in [2.05, 4.69) is 57.7 Å². The highest BCUT2D eigenvalue weighted by atomic mass is 79.9. The van der Waals surface area contributed by atoms with Crippen LogP contribution in [0.2, 0.25) is 0 Å². The van der Waals surface area contributed by atoms with E-state index >= 15 is 0 Å². The van der Waals surface area contributed by atoms with Crippen LogP contribution in [-0.4, -0.2) is 9.78 Å². The van der Waals surface area contributed by atoms with Crippen molar-refractivity contribution in [1.29, 1.82) is 0 Å². The molecule has 0 bridgehead atoms. The molecule has 0 amide bonds. The smallest absolute Gasteiger partial charge is 0.285 e. The van der Waals surface area contributed by atoms with Crippen molar-refractivity contribution < 1.29 is 0 Å². The van der Waals surface area contributed by atoms with Crippen LogP contribution in [0.4, 0.5) is 0 Å². The van der Waals surface area contributed by atoms with Crippen LogP contribution in [0.15, 0.2) is 38.0 Å². The molecule has 1 aromatic carbocycles. The number of halogens is 2. The fourth-order valence-corrected chi connectivity index (χ4v) is 2.96. The van der Waals surface area contributed by atoms with Crippen LogP contribution < -0.4 is 5.56 Å². The highest BCUT2D eigenvalue weighted by Gasteiger charge is 2.23. The Morgan fingerprint density at radius 3 is 2.39 bits per heavy atom. The molecule has 0 unspecified atom stereocenters. The summed E-state index contributed by atoms with van der Waals surface area (Å²) in [5.74, 6) is 0. The van der Waals surface area contributed by atoms with Crippen LogP contribution in [0.25, 0.3) is 5.69 Å². The van der Waals surface area contributed by atoms with Gasteiger partial charge in [-0.1, -0.05) is 42.8 Å². The normalized spacial score (nSPS) is 11.8. The monoisotopic (exact) mass is 372 g/mol. The number of nitrogens with one attached hydrogen (secondary N) is 1. The lowest BCUT2D eigenvalue weighted by Crippen LogP contribution is -2.14. The molecule has 0 spiro atoms. The first-order valence-electron chi connectivity index (χ1n) is 5.57. The molecule has 1 aromatic heterocycles. The van der Waals surface area contributed by atoms with Crippen molar-refractivity contribution in [3.63, 3.8) is 0 Å². The van der Waals surface area contributed by atoms with Gasteiger partial charge >= 0.3 is 0 Å². The van der Waals surface area contributed by atoms with E-state index in [0.717, 1.165) is 15.9 Å². The Bertz CT molecular complexity index is 635. The number of benzene rings is 1. The summed E-state index contributed by atoms with van der Waals surface area (Å²) in [6.07, 6.45) is 0. The minimum atomic E-state index is -0.116. The standard InChI is InChI=1S/C13H14Br2N2O/c1-13(2,3)11-10(15)12(18)17(16-11)9-6-4-5-8(14)7-9/h4-7,16H,1-3H3. The Labute approximate surface area is 122 Å². The molecule has 0 aliphatic carbocycles. The molecule has 0 atom stereocenters. The fourth-order valence-electron chi connectivity index (χ4n) is 1.71. The molecule has 1 N–H and O–H groups in total. The second-order valence-electron chi connectivity index (χ2n) is 5.17. The van der Waals surface area contributed by atoms with Crippen LogP contribution in [0.1, 0.15) is 26.5 Å². The second kappa shape index (κ2) is 4.70. The van der Waals surface area contributed by atoms with Crippen LogP contribution in [0, 0.1) is 0 Å². The Hall–Kier alpha value is -0.810. The number of H-pyrrole nitrogens is 1. The molecule has 0 saturated heterocycles. The van der Waals surface area contributed by atoms with E-state index in [0.29, 0.717) is 4.47 Å². The number of nitrogens with zero attached hydrogens (tertiary/aromatic N) is 1. The van der Waals surface area contributed by atoms with Gasteiger partial charge in [-0.25, -0.2) is 4.68 Å². The maximum atomic E-state index is 12.2. The lowest BCUT2D eigenvalue weighted by Gasteiger charge is -2.16. The van der Waals surface area contributed by atoms with Gasteiger partial charge in [-0.3, -0.25) is 9.89 Å². The summed E-state index contributed by atoms with van der Waals surface area (Å²) in [6.45, 7) is 6.19. The summed E-state index contributed by atoms with van der Waals surface area (Å²) >= 11 is 6.78. The summed E-state index contributed by atoms with van der Waals surface area (Å²) in [5, 5.41) is 3.17. The summed E-state index contributed by atoms with van der Waals surface area (Å²) in [7, 11) is 0. The van der Waals surface area contributed by atoms with Gasteiger partial charge in [-0.15, -0.1) is 0 Å². The number of hydrogen-bond donors (Lipinski definition) is 1. The molecule has 0 saturated carbocycles. The fraction of sp³-hybridized carbons (Fsp3) is 0.308. The van der Waals surface area contributed by atoms with Gasteiger partial charge in [0.2, 0.25) is 0 Å². The Morgan fingerprint density at radius 2 is 1.89 bits per heavy atom. The largest absolute Gasteiger partial charge is 0.293 e. The van der Waals surface area contributed by atoms with Crippen molar-refractivity contribution in [3.8, 4) is 5.69 Å². The van der Waals surface area contributed by atoms with Crippen LogP contribution in [-0.2, 0) is 5.41 Å². The highest BCUT2D eigenvalue weighted by Crippen LogP contribution is 2.26. The maximum absolute atomic E-state index is 12.2. The van der Waals surface area contributed by atoms with Gasteiger partial charge in [0.25, 0.3) is 5.56 Å². The molecule has 0 aliphatic rings. The van der Waals surface area contributed by atoms with E-state index in [1.165, 1.54) is 0 Å². The lowest BCUT2D eigenvalue weighted by molar-refractivity contribution is 0.557. The topological polar surface area (TPSA) is 37.8 Å². The van der Waals surface area contributed by atoms with Gasteiger partial charge in [0.1, 0.15) is 4.47 Å². The van der Waals surface area contributed by atoms with E-state index in [1.807, 2.05) is 24.3 Å². The predicted octanol–water partition coefficient (Wildman–Crippen LogP) is 3.99. The average molecular weight is 374 g/mol. The van der Waals surface area contributed by atoms with Crippen molar-refractivity contribution in [1.82, 2.24) is 9.78 Å². The van der Waals surface area contributed by atoms with Crippen molar-refractivity contribution in [2.45, 2.75) is 26.2 Å². The first kappa shape index (κ1) is 13.6. The van der Waals surface area contributed by atoms with Crippen molar-refractivity contribution in [2.24, 2.45) is 0 Å². The SMILES string of the molecule is CC(C)(C)c1[nH]n(-c2cccc(Br)c2)c(=O)c1Br. The molecule has 3 nitrogen and oxygen atoms in total. The van der Waals surface area contributed by atoms with E-state index in [-0.39, 0.29) is 11.0 Å². The minimum absolute atomic E-state index is 0.0713. The molecule has 1 heterocycles. The van der Waals surface area contributed by atoms with Gasteiger partial charge in [0, 0.05) is 9.89 Å². The molecule has 0 radical (unpaired) electrons. The Balaban J connectivity index is 2.64. The molecule has 96 valence electrons. The first-order valence-corrected chi connectivity index (χ1v) is 7.16. The number of aromatic nitrogens is 2. The molecule has 0 aliphatic heterocycles. The summed E-state index contributed by atoms with van der Waals surface area (Å²) < 4.78 is 3.08. The Morgan fingerprint density at radius 1 is 1.22 bits per heavy atom. The van der Waals surface area contributed by atoms with E-state index in [4.69, 9.17) is 0 Å². The molecule has 2 rings (SSSR count). The number of rotatable bonds is 1. The summed E-state index contributed by atoms with van der Waals surface area (Å²) in [6, 6.07) is 7.62. The molecular formula is C13H14Br2N2O. The lowest BCUT2D eigenvalue weighted by atomic mass is 9.93. The molecule has 5 heteroatoms. The van der Waals surface area contributed by atoms with Crippen molar-refractivity contribution in [3.05, 3.63) is 49.3 Å². The quantitative estimate of drug-likeness (QED) is 0.806. The third kappa shape index (κ3) is 2.47. The van der Waals surface area contributed by atoms with Crippen LogP contribution in [0.3, 0.4) is 0 Å². The van der Waals surface area contributed by atoms with E-state index in [9.17, 15) is 4.79 Å². The zero-order valence-electron chi connectivity index (χ0n) is 10.4. The molecular weight excluding hydrogens is 360 g/mol. The van der Waals surface area contributed by atoms with E-state index < -0.39 is 0 Å². The van der Waals surface area contributed by atoms with Gasteiger partial charge in [-0.05, 0) is 34.1 Å². The number of hydrogen-bond acceptors (Lipinski definition) is 1. The Kier molecular flexibility index (Phi) is 3.56. The van der Waals surface area contributed by atoms with Gasteiger partial charge < -0.3 is 0 Å². The predicted molar refractivity (Wildman–Crippen MR) is 80.5 cm³/mol. The minimum Gasteiger partial charge on any atom is -0.293 e. The summed E-state index contributed by atoms with van der Waals surface area (Å²) in [4.78, 5) is 12.2. The third-order valence-electron chi connectivity index (χ3n) is 2.65. The van der Waals surface area contributed by atoms with Crippen molar-refractivity contribution >= 4 is 31.9 Å². The second-order valence-corrected chi connectivity index (χ2v) is 6.88. The third-order valence-corrected chi connectivity index (χ3v) is 3.88. The van der Waals surface area contributed by atoms with Crippen LogP contribution in [0.5, 0.6) is 0 Å².